The van der Waals surface area contributed by atoms with Crippen molar-refractivity contribution in [2.45, 2.75) is 57.5 Å². The smallest absolute Gasteiger partial charge is 0.253 e. The number of hydrogen-bond acceptors (Lipinski definition) is 2. The lowest BCUT2D eigenvalue weighted by Crippen LogP contribution is -2.55. The van der Waals surface area contributed by atoms with Gasteiger partial charge in [-0.2, -0.15) is 0 Å². The fourth-order valence-electron chi connectivity index (χ4n) is 7.26. The molecule has 0 radical (unpaired) electrons. The standard InChI is InChI=1S/C24H29ClN2O2/c1-14(24-8-15-5-16(9-24)7-17(6-15)10-24)26-23(28)19-11-27(18-12-29-13-18)21-4-2-3-20(25)22(19)21/h2-4,11,14-18H,5-10,12-13H2,1H3,(H,26,28). The van der Waals surface area contributed by atoms with Crippen LogP contribution in [0.5, 0.6) is 0 Å². The van der Waals surface area contributed by atoms with Gasteiger partial charge in [0.25, 0.3) is 5.91 Å². The lowest BCUT2D eigenvalue weighted by molar-refractivity contribution is -0.0687. The molecule has 4 bridgehead atoms. The monoisotopic (exact) mass is 412 g/mol. The Hall–Kier alpha value is -1.52. The Morgan fingerprint density at radius 2 is 1.83 bits per heavy atom. The van der Waals surface area contributed by atoms with Crippen LogP contribution in [-0.4, -0.2) is 29.7 Å². The van der Waals surface area contributed by atoms with E-state index in [1.165, 1.54) is 38.5 Å². The van der Waals surface area contributed by atoms with E-state index in [1.54, 1.807) is 0 Å². The van der Waals surface area contributed by atoms with E-state index in [0.29, 0.717) is 29.2 Å². The van der Waals surface area contributed by atoms with E-state index in [9.17, 15) is 4.79 Å². The Morgan fingerprint density at radius 1 is 1.17 bits per heavy atom. The summed E-state index contributed by atoms with van der Waals surface area (Å²) in [6.07, 6.45) is 10.1. The summed E-state index contributed by atoms with van der Waals surface area (Å²) >= 11 is 6.55. The topological polar surface area (TPSA) is 43.3 Å². The Kier molecular flexibility index (Phi) is 4.09. The largest absolute Gasteiger partial charge is 0.377 e. The molecule has 1 aliphatic heterocycles. The van der Waals surface area contributed by atoms with Crippen molar-refractivity contribution >= 4 is 28.4 Å². The van der Waals surface area contributed by atoms with Gasteiger partial charge in [-0.05, 0) is 80.8 Å². The van der Waals surface area contributed by atoms with Gasteiger partial charge in [0.1, 0.15) is 0 Å². The number of halogens is 1. The molecule has 5 heteroatoms. The number of nitrogens with zero attached hydrogens (tertiary/aromatic N) is 1. The number of fused-ring (bicyclic) bond motifs is 1. The van der Waals surface area contributed by atoms with E-state index < -0.39 is 0 Å². The van der Waals surface area contributed by atoms with Gasteiger partial charge in [0.2, 0.25) is 0 Å². The molecule has 4 aliphatic carbocycles. The van der Waals surface area contributed by atoms with Crippen molar-refractivity contribution in [1.82, 2.24) is 9.88 Å². The zero-order valence-corrected chi connectivity index (χ0v) is 17.8. The molecule has 1 aromatic carbocycles. The van der Waals surface area contributed by atoms with Gasteiger partial charge < -0.3 is 14.6 Å². The second-order valence-corrected chi connectivity index (χ2v) is 10.7. The minimum Gasteiger partial charge on any atom is -0.377 e. The first-order valence-corrected chi connectivity index (χ1v) is 11.6. The van der Waals surface area contributed by atoms with Gasteiger partial charge in [0, 0.05) is 17.6 Å². The predicted molar refractivity (Wildman–Crippen MR) is 114 cm³/mol. The Morgan fingerprint density at radius 3 is 2.41 bits per heavy atom. The Bertz CT molecular complexity index is 941. The van der Waals surface area contributed by atoms with E-state index >= 15 is 0 Å². The maximum Gasteiger partial charge on any atom is 0.253 e. The highest BCUT2D eigenvalue weighted by Gasteiger charge is 2.53. The number of hydrogen-bond donors (Lipinski definition) is 1. The molecular formula is C24H29ClN2O2. The average Bonchev–Trinajstić information content (AvgIpc) is 3.00. The lowest BCUT2D eigenvalue weighted by Gasteiger charge is -2.59. The van der Waals surface area contributed by atoms with Crippen LogP contribution in [0.2, 0.25) is 5.02 Å². The van der Waals surface area contributed by atoms with Crippen LogP contribution in [0.4, 0.5) is 0 Å². The zero-order valence-electron chi connectivity index (χ0n) is 17.0. The zero-order chi connectivity index (χ0) is 19.8. The molecule has 5 aliphatic rings. The molecule has 5 fully saturated rings. The van der Waals surface area contributed by atoms with Gasteiger partial charge in [0.05, 0.1) is 35.4 Å². The third kappa shape index (κ3) is 2.79. The predicted octanol–water partition coefficient (Wildman–Crippen LogP) is 5.20. The van der Waals surface area contributed by atoms with Crippen LogP contribution in [0.25, 0.3) is 10.9 Å². The fraction of sp³-hybridized carbons (Fsp3) is 0.625. The Labute approximate surface area is 176 Å². The van der Waals surface area contributed by atoms with Gasteiger partial charge >= 0.3 is 0 Å². The molecule has 29 heavy (non-hydrogen) atoms. The molecule has 1 aromatic heterocycles. The van der Waals surface area contributed by atoms with E-state index in [1.807, 2.05) is 18.3 Å². The van der Waals surface area contributed by atoms with E-state index in [4.69, 9.17) is 16.3 Å². The van der Waals surface area contributed by atoms with Crippen LogP contribution in [0.3, 0.4) is 0 Å². The number of nitrogens with one attached hydrogen (secondary N) is 1. The number of amides is 1. The Balaban J connectivity index is 1.31. The van der Waals surface area contributed by atoms with Gasteiger partial charge in [-0.25, -0.2) is 0 Å². The molecule has 2 aromatic rings. The van der Waals surface area contributed by atoms with Crippen molar-refractivity contribution in [3.8, 4) is 0 Å². The third-order valence-electron chi connectivity index (χ3n) is 8.42. The summed E-state index contributed by atoms with van der Waals surface area (Å²) in [4.78, 5) is 13.4. The molecule has 1 amide bonds. The first-order chi connectivity index (χ1) is 14.0. The number of carbonyl (C=O) groups excluding carboxylic acids is 1. The highest BCUT2D eigenvalue weighted by Crippen LogP contribution is 2.61. The normalized spacial score (nSPS) is 34.3. The lowest BCUT2D eigenvalue weighted by atomic mass is 9.48. The summed E-state index contributed by atoms with van der Waals surface area (Å²) < 4.78 is 7.56. The van der Waals surface area contributed by atoms with Crippen LogP contribution in [0.15, 0.2) is 24.4 Å². The number of ether oxygens (including phenoxy) is 1. The molecule has 0 spiro atoms. The molecule has 2 heterocycles. The molecule has 154 valence electrons. The van der Waals surface area contributed by atoms with Crippen LogP contribution in [-0.2, 0) is 4.74 Å². The first-order valence-electron chi connectivity index (χ1n) is 11.2. The van der Waals surface area contributed by atoms with Crippen molar-refractivity contribution in [3.05, 3.63) is 35.0 Å². The van der Waals surface area contributed by atoms with E-state index in [0.717, 1.165) is 28.7 Å². The van der Waals surface area contributed by atoms with Crippen molar-refractivity contribution in [2.75, 3.05) is 13.2 Å². The van der Waals surface area contributed by atoms with Crippen LogP contribution in [0.1, 0.15) is 61.8 Å². The van der Waals surface area contributed by atoms with Crippen molar-refractivity contribution in [1.29, 1.82) is 0 Å². The van der Waals surface area contributed by atoms with Crippen LogP contribution in [0, 0.1) is 23.2 Å². The average molecular weight is 413 g/mol. The van der Waals surface area contributed by atoms with Gasteiger partial charge in [-0.1, -0.05) is 17.7 Å². The minimum atomic E-state index is 0.0188. The molecule has 1 saturated heterocycles. The van der Waals surface area contributed by atoms with Crippen molar-refractivity contribution in [3.63, 3.8) is 0 Å². The summed E-state index contributed by atoms with van der Waals surface area (Å²) in [6, 6.07) is 6.39. The summed E-state index contributed by atoms with van der Waals surface area (Å²) in [5.41, 5.74) is 2.03. The summed E-state index contributed by atoms with van der Waals surface area (Å²) in [7, 11) is 0. The number of aromatic nitrogens is 1. The number of carbonyl (C=O) groups is 1. The second-order valence-electron chi connectivity index (χ2n) is 10.3. The van der Waals surface area contributed by atoms with Crippen LogP contribution < -0.4 is 5.32 Å². The third-order valence-corrected chi connectivity index (χ3v) is 8.73. The molecule has 1 atom stereocenters. The molecule has 4 nitrogen and oxygen atoms in total. The summed E-state index contributed by atoms with van der Waals surface area (Å²) in [5.74, 6) is 2.67. The second kappa shape index (κ2) is 6.49. The van der Waals surface area contributed by atoms with E-state index in [2.05, 4.69) is 22.9 Å². The van der Waals surface area contributed by atoms with Gasteiger partial charge in [-0.15, -0.1) is 0 Å². The maximum atomic E-state index is 13.4. The summed E-state index contributed by atoms with van der Waals surface area (Å²) in [5, 5.41) is 4.94. The highest BCUT2D eigenvalue weighted by atomic mass is 35.5. The van der Waals surface area contributed by atoms with Gasteiger partial charge in [-0.3, -0.25) is 4.79 Å². The van der Waals surface area contributed by atoms with Gasteiger partial charge in [0.15, 0.2) is 0 Å². The van der Waals surface area contributed by atoms with Crippen molar-refractivity contribution < 1.29 is 9.53 Å². The summed E-state index contributed by atoms with van der Waals surface area (Å²) in [6.45, 7) is 3.63. The maximum absolute atomic E-state index is 13.4. The highest BCUT2D eigenvalue weighted by molar-refractivity contribution is 6.36. The molecule has 7 rings (SSSR count). The van der Waals surface area contributed by atoms with Crippen molar-refractivity contribution in [2.24, 2.45) is 23.2 Å². The fourth-order valence-corrected chi connectivity index (χ4v) is 7.53. The molecular weight excluding hydrogens is 384 g/mol. The number of rotatable bonds is 4. The first kappa shape index (κ1) is 18.3. The molecule has 1 N–H and O–H groups in total. The van der Waals surface area contributed by atoms with E-state index in [-0.39, 0.29) is 18.0 Å². The molecule has 1 unspecified atom stereocenters. The van der Waals surface area contributed by atoms with Crippen LogP contribution >= 0.6 is 11.6 Å². The quantitative estimate of drug-likeness (QED) is 0.749. The molecule has 4 saturated carbocycles. The minimum absolute atomic E-state index is 0.0188. The number of benzene rings is 1. The SMILES string of the molecule is CC(NC(=O)c1cn(C2COC2)c2cccc(Cl)c12)C12CC3CC(CC(C3)C1)C2.